The van der Waals surface area contributed by atoms with Gasteiger partial charge in [-0.15, -0.1) is 0 Å². The molecule has 1 saturated heterocycles. The summed E-state index contributed by atoms with van der Waals surface area (Å²) in [5.41, 5.74) is 1.38. The van der Waals surface area contributed by atoms with Crippen molar-refractivity contribution in [1.82, 2.24) is 15.5 Å². The molecule has 208 valence electrons. The van der Waals surface area contributed by atoms with Gasteiger partial charge >= 0.3 is 12.0 Å². The van der Waals surface area contributed by atoms with Crippen LogP contribution in [0.3, 0.4) is 0 Å². The Hall–Kier alpha value is -3.82. The average molecular weight is 540 g/mol. The fraction of sp³-hybridized carbons (Fsp3) is 0.483. The van der Waals surface area contributed by atoms with Gasteiger partial charge in [-0.1, -0.05) is 37.5 Å². The zero-order valence-electron chi connectivity index (χ0n) is 22.0. The van der Waals surface area contributed by atoms with Crippen LogP contribution in [0.4, 0.5) is 9.18 Å². The maximum absolute atomic E-state index is 13.9. The predicted molar refractivity (Wildman–Crippen MR) is 139 cm³/mol. The van der Waals surface area contributed by atoms with Crippen molar-refractivity contribution in [3.05, 3.63) is 59.4 Å². The van der Waals surface area contributed by atoms with Crippen LogP contribution >= 0.6 is 0 Å². The summed E-state index contributed by atoms with van der Waals surface area (Å²) in [4.78, 5) is 42.1. The van der Waals surface area contributed by atoms with Gasteiger partial charge in [-0.2, -0.15) is 0 Å². The Bertz CT molecular complexity index is 1200. The third kappa shape index (κ3) is 5.94. The van der Waals surface area contributed by atoms with Gasteiger partial charge in [0.15, 0.2) is 11.5 Å². The van der Waals surface area contributed by atoms with E-state index in [2.05, 4.69) is 10.6 Å². The molecular formula is C29H34FN3O6. The van der Waals surface area contributed by atoms with Gasteiger partial charge in [-0.25, -0.2) is 9.18 Å². The van der Waals surface area contributed by atoms with Crippen molar-refractivity contribution >= 4 is 17.9 Å². The zero-order chi connectivity index (χ0) is 27.4. The quantitative estimate of drug-likeness (QED) is 0.511. The van der Waals surface area contributed by atoms with Crippen LogP contribution in [-0.4, -0.2) is 48.3 Å². The largest absolute Gasteiger partial charge is 0.466 e. The predicted octanol–water partition coefficient (Wildman–Crippen LogP) is 4.21. The summed E-state index contributed by atoms with van der Waals surface area (Å²) in [6, 6.07) is 9.10. The van der Waals surface area contributed by atoms with Crippen LogP contribution in [0.5, 0.6) is 11.5 Å². The van der Waals surface area contributed by atoms with E-state index in [1.54, 1.807) is 37.3 Å². The van der Waals surface area contributed by atoms with Crippen molar-refractivity contribution in [2.24, 2.45) is 5.92 Å². The minimum atomic E-state index is -0.918. The lowest BCUT2D eigenvalue weighted by Crippen LogP contribution is -2.52. The Morgan fingerprint density at radius 2 is 1.77 bits per heavy atom. The fourth-order valence-corrected chi connectivity index (χ4v) is 5.74. The highest BCUT2D eigenvalue weighted by Gasteiger charge is 2.51. The summed E-state index contributed by atoms with van der Waals surface area (Å²) in [7, 11) is 0. The minimum Gasteiger partial charge on any atom is -0.466 e. The fourth-order valence-electron chi connectivity index (χ4n) is 5.74. The number of hydrogen-bond donors (Lipinski definition) is 2. The number of rotatable bonds is 7. The number of ether oxygens (including phenoxy) is 3. The molecule has 3 amide bonds. The Balaban J connectivity index is 1.46. The minimum absolute atomic E-state index is 0.00761. The first-order valence-corrected chi connectivity index (χ1v) is 13.6. The maximum atomic E-state index is 13.9. The summed E-state index contributed by atoms with van der Waals surface area (Å²) in [6.45, 7) is 2.15. The first-order valence-electron chi connectivity index (χ1n) is 13.6. The molecule has 3 unspecified atom stereocenters. The van der Waals surface area contributed by atoms with Crippen molar-refractivity contribution in [1.29, 1.82) is 0 Å². The van der Waals surface area contributed by atoms with Gasteiger partial charge < -0.3 is 29.7 Å². The summed E-state index contributed by atoms with van der Waals surface area (Å²) in [5, 5.41) is 6.00. The number of urea groups is 1. The third-order valence-electron chi connectivity index (χ3n) is 7.67. The highest BCUT2D eigenvalue weighted by molar-refractivity contribution is 5.90. The lowest BCUT2D eigenvalue weighted by atomic mass is 9.92. The standard InChI is InChI=1S/C29H34FN3O6/c1-2-37-28(35)22-15-23(27(34)31-16-18-8-11-20(30)12-9-18)33(29(36)32-21-6-4-3-5-7-21)26(22)19-10-13-24-25(14-19)39-17-38-24/h8-14,21-23,26H,2-7,15-17H2,1H3,(H,31,34)(H,32,36). The van der Waals surface area contributed by atoms with Gasteiger partial charge in [0.2, 0.25) is 12.7 Å². The first kappa shape index (κ1) is 26.8. The van der Waals surface area contributed by atoms with Gasteiger partial charge in [0.05, 0.1) is 18.6 Å². The van der Waals surface area contributed by atoms with Crippen LogP contribution in [-0.2, 0) is 20.9 Å². The molecule has 2 N–H and O–H groups in total. The summed E-state index contributed by atoms with van der Waals surface area (Å²) in [6.07, 6.45) is 5.04. The Morgan fingerprint density at radius 1 is 1.03 bits per heavy atom. The average Bonchev–Trinajstić information content (AvgIpc) is 3.58. The molecule has 39 heavy (non-hydrogen) atoms. The van der Waals surface area contributed by atoms with E-state index in [0.29, 0.717) is 17.1 Å². The maximum Gasteiger partial charge on any atom is 0.318 e. The van der Waals surface area contributed by atoms with E-state index >= 15 is 0 Å². The number of carbonyl (C=O) groups excluding carboxylic acids is 3. The van der Waals surface area contributed by atoms with Crippen LogP contribution in [0.1, 0.15) is 62.6 Å². The molecule has 3 atom stereocenters. The SMILES string of the molecule is CCOC(=O)C1CC(C(=O)NCc2ccc(F)cc2)N(C(=O)NC2CCCCC2)C1c1ccc2c(c1)OCO2. The molecule has 5 rings (SSSR count). The van der Waals surface area contributed by atoms with Gasteiger partial charge in [0.1, 0.15) is 11.9 Å². The van der Waals surface area contributed by atoms with E-state index in [4.69, 9.17) is 14.2 Å². The number of carbonyl (C=O) groups is 3. The zero-order valence-corrected chi connectivity index (χ0v) is 22.0. The normalized spacial score (nSPS) is 22.4. The molecule has 2 aliphatic heterocycles. The number of hydrogen-bond acceptors (Lipinski definition) is 6. The molecule has 2 aromatic carbocycles. The van der Waals surface area contributed by atoms with Crippen molar-refractivity contribution in [3.8, 4) is 11.5 Å². The number of fused-ring (bicyclic) bond motifs is 1. The van der Waals surface area contributed by atoms with Gasteiger partial charge in [0, 0.05) is 12.6 Å². The molecule has 2 aromatic rings. The van der Waals surface area contributed by atoms with Crippen molar-refractivity contribution in [2.75, 3.05) is 13.4 Å². The van der Waals surface area contributed by atoms with E-state index in [9.17, 15) is 18.8 Å². The van der Waals surface area contributed by atoms with Crippen LogP contribution in [0.15, 0.2) is 42.5 Å². The van der Waals surface area contributed by atoms with E-state index in [0.717, 1.165) is 37.7 Å². The molecule has 1 aliphatic carbocycles. The molecule has 2 heterocycles. The molecule has 2 fully saturated rings. The molecule has 1 saturated carbocycles. The third-order valence-corrected chi connectivity index (χ3v) is 7.67. The van der Waals surface area contributed by atoms with Gasteiger partial charge in [-0.05, 0) is 61.6 Å². The molecular weight excluding hydrogens is 505 g/mol. The van der Waals surface area contributed by atoms with E-state index in [1.807, 2.05) is 0 Å². The number of esters is 1. The number of halogens is 1. The lowest BCUT2D eigenvalue weighted by Gasteiger charge is -2.33. The number of amides is 3. The van der Waals surface area contributed by atoms with Crippen molar-refractivity contribution in [2.45, 2.75) is 70.1 Å². The molecule has 0 bridgehead atoms. The highest BCUT2D eigenvalue weighted by atomic mass is 19.1. The summed E-state index contributed by atoms with van der Waals surface area (Å²) in [5.74, 6) is -0.886. The second-order valence-electron chi connectivity index (χ2n) is 10.2. The van der Waals surface area contributed by atoms with Crippen molar-refractivity contribution < 1.29 is 33.0 Å². The van der Waals surface area contributed by atoms with E-state index in [-0.39, 0.29) is 38.2 Å². The number of likely N-dealkylation sites (tertiary alicyclic amines) is 1. The lowest BCUT2D eigenvalue weighted by molar-refractivity contribution is -0.148. The van der Waals surface area contributed by atoms with Crippen LogP contribution in [0, 0.1) is 11.7 Å². The molecule has 10 heteroatoms. The Kier molecular flexibility index (Phi) is 8.18. The topological polar surface area (TPSA) is 106 Å². The number of nitrogens with zero attached hydrogens (tertiary/aromatic N) is 1. The monoisotopic (exact) mass is 539 g/mol. The molecule has 3 aliphatic rings. The molecule has 0 aromatic heterocycles. The van der Waals surface area contributed by atoms with Gasteiger partial charge in [-0.3, -0.25) is 9.59 Å². The number of benzene rings is 2. The van der Waals surface area contributed by atoms with Crippen LogP contribution in [0.25, 0.3) is 0 Å². The van der Waals surface area contributed by atoms with Crippen LogP contribution in [0.2, 0.25) is 0 Å². The van der Waals surface area contributed by atoms with Gasteiger partial charge in [0.25, 0.3) is 0 Å². The second-order valence-corrected chi connectivity index (χ2v) is 10.2. The van der Waals surface area contributed by atoms with E-state index in [1.165, 1.54) is 17.0 Å². The molecule has 0 radical (unpaired) electrons. The Labute approximate surface area is 227 Å². The summed E-state index contributed by atoms with van der Waals surface area (Å²) >= 11 is 0. The molecule has 0 spiro atoms. The van der Waals surface area contributed by atoms with E-state index < -0.39 is 35.9 Å². The Morgan fingerprint density at radius 3 is 2.51 bits per heavy atom. The first-order chi connectivity index (χ1) is 18.9. The highest BCUT2D eigenvalue weighted by Crippen LogP contribution is 2.45. The molecule has 9 nitrogen and oxygen atoms in total. The summed E-state index contributed by atoms with van der Waals surface area (Å²) < 4.78 is 29.7. The van der Waals surface area contributed by atoms with Crippen LogP contribution < -0.4 is 20.1 Å². The number of nitrogens with one attached hydrogen (secondary N) is 2. The van der Waals surface area contributed by atoms with Crippen molar-refractivity contribution in [3.63, 3.8) is 0 Å². The smallest absolute Gasteiger partial charge is 0.318 e. The second kappa shape index (κ2) is 11.9.